The Bertz CT molecular complexity index is 1390. The first-order valence-corrected chi connectivity index (χ1v) is 21.4. The highest BCUT2D eigenvalue weighted by Crippen LogP contribution is 2.63. The fourth-order valence-corrected chi connectivity index (χ4v) is 12.2. The van der Waals surface area contributed by atoms with Crippen molar-refractivity contribution in [3.8, 4) is 0 Å². The van der Waals surface area contributed by atoms with Gasteiger partial charge in [0.1, 0.15) is 0 Å². The smallest absolute Gasteiger partial charge is 0.449 e. The molecule has 0 radical (unpaired) electrons. The first kappa shape index (κ1) is 39.8. The van der Waals surface area contributed by atoms with Crippen LogP contribution in [0.2, 0.25) is 0 Å². The van der Waals surface area contributed by atoms with E-state index < -0.39 is 71.1 Å². The summed E-state index contributed by atoms with van der Waals surface area (Å²) in [4.78, 5) is 23.4. The number of ether oxygens (including phenoxy) is 6. The number of hydrogen-bond acceptors (Lipinski definition) is 12. The van der Waals surface area contributed by atoms with Gasteiger partial charge >= 0.3 is 12.4 Å². The van der Waals surface area contributed by atoms with Crippen LogP contribution in [0.4, 0.5) is 26.3 Å². The first-order valence-electron chi connectivity index (χ1n) is 18.9. The Morgan fingerprint density at radius 2 is 1.02 bits per heavy atom. The minimum Gasteiger partial charge on any atom is -0.456 e. The van der Waals surface area contributed by atoms with E-state index >= 15 is 0 Å². The third kappa shape index (κ3) is 6.71. The number of rotatable bonds is 11. The van der Waals surface area contributed by atoms with Gasteiger partial charge < -0.3 is 28.4 Å². The third-order valence-electron chi connectivity index (χ3n) is 13.0. The van der Waals surface area contributed by atoms with Gasteiger partial charge in [-0.3, -0.25) is 0 Å². The maximum absolute atomic E-state index is 14.4. The summed E-state index contributed by atoms with van der Waals surface area (Å²) < 4.78 is 121. The fraction of sp³-hybridized carbons (Fsp3) is 0.889. The molecule has 12 atom stereocenters. The summed E-state index contributed by atoms with van der Waals surface area (Å²) in [6.45, 7) is 7.23. The highest BCUT2D eigenvalue weighted by atomic mass is 33.1. The van der Waals surface area contributed by atoms with E-state index in [1.54, 1.807) is 13.8 Å². The summed E-state index contributed by atoms with van der Waals surface area (Å²) >= 11 is 0. The zero-order valence-corrected chi connectivity index (χ0v) is 32.3. The van der Waals surface area contributed by atoms with Gasteiger partial charge in [-0.25, -0.2) is 19.6 Å². The molecule has 0 aromatic rings. The minimum atomic E-state index is -4.75. The SMILES string of the molecule is C[C@@H]1CC[C@H]2C(COCCSSCCOCC3=C(C(F)(F)F)O[C@@H]4OC5(C)CCC6[C@H](C)CC[C@@H]3[C@]64OO5)=C(C(F)(F)F)O[C@@H]3O[C@@]4(C)CCC1C32OO4. The van der Waals surface area contributed by atoms with Gasteiger partial charge in [0, 0.05) is 59.2 Å². The summed E-state index contributed by atoms with van der Waals surface area (Å²) in [6, 6.07) is 0. The summed E-state index contributed by atoms with van der Waals surface area (Å²) in [5.41, 5.74) is -2.38. The molecule has 0 N–H and O–H groups in total. The van der Waals surface area contributed by atoms with E-state index in [9.17, 15) is 26.3 Å². The second-order valence-corrected chi connectivity index (χ2v) is 19.1. The Labute approximate surface area is 318 Å². The lowest BCUT2D eigenvalue weighted by atomic mass is 9.59. The van der Waals surface area contributed by atoms with Gasteiger partial charge in [-0.2, -0.15) is 26.3 Å². The Kier molecular flexibility index (Phi) is 10.6. The van der Waals surface area contributed by atoms with E-state index in [2.05, 4.69) is 13.8 Å². The number of hydrogen-bond donors (Lipinski definition) is 0. The predicted molar refractivity (Wildman–Crippen MR) is 180 cm³/mol. The monoisotopic (exact) mass is 818 g/mol. The molecule has 10 rings (SSSR count). The van der Waals surface area contributed by atoms with Crippen molar-refractivity contribution in [1.29, 1.82) is 0 Å². The minimum absolute atomic E-state index is 0.0119. The van der Waals surface area contributed by atoms with E-state index in [4.69, 9.17) is 48.0 Å². The van der Waals surface area contributed by atoms with Crippen LogP contribution in [-0.2, 0) is 48.0 Å². The van der Waals surface area contributed by atoms with Gasteiger partial charge in [-0.1, -0.05) is 35.4 Å². The van der Waals surface area contributed by atoms with Crippen LogP contribution in [0.25, 0.3) is 0 Å². The molecule has 10 nitrogen and oxygen atoms in total. The van der Waals surface area contributed by atoms with E-state index in [-0.39, 0.29) is 61.2 Å². The second-order valence-electron chi connectivity index (χ2n) is 16.4. The first-order chi connectivity index (χ1) is 25.5. The molecule has 8 fully saturated rings. The van der Waals surface area contributed by atoms with Gasteiger partial charge in [0.25, 0.3) is 0 Å². The van der Waals surface area contributed by atoms with Crippen molar-refractivity contribution in [2.45, 2.75) is 127 Å². The standard InChI is InChI=1S/C36H48F6O10S2/c1-19-5-7-25-21(27(35(37,38)39)45-29-33(25)23(19)9-11-31(3,47-29)49-51-33)17-43-13-15-53-54-16-14-44-18-22-26-8-6-20(2)24-10-12-32(4)48-30(34(24,26)52-50-32)46-28(22)36(40,41)42/h19-20,23-26,29-30H,5-18H2,1-4H3/t19-,20-,23?,24?,25+,26+,29-,30-,31-,32?,33?,34-/m1/s1. The molecule has 8 heterocycles. The molecule has 2 aliphatic carbocycles. The van der Waals surface area contributed by atoms with E-state index in [1.165, 1.54) is 21.6 Å². The fourth-order valence-electron chi connectivity index (χ4n) is 10.5. The lowest BCUT2D eigenvalue weighted by molar-refractivity contribution is -0.558. The van der Waals surface area contributed by atoms with Crippen LogP contribution in [0.5, 0.6) is 0 Å². The van der Waals surface area contributed by atoms with Gasteiger partial charge in [0.05, 0.1) is 26.4 Å². The van der Waals surface area contributed by atoms with Crippen LogP contribution in [0.3, 0.4) is 0 Å². The average Bonchev–Trinajstić information content (AvgIpc) is 3.48. The van der Waals surface area contributed by atoms with Gasteiger partial charge in [0.15, 0.2) is 11.2 Å². The van der Waals surface area contributed by atoms with E-state index in [0.29, 0.717) is 50.0 Å². The normalized spacial score (nSPS) is 44.3. The lowest BCUT2D eigenvalue weighted by Gasteiger charge is -2.57. The molecule has 4 bridgehead atoms. The molecule has 18 heteroatoms. The maximum atomic E-state index is 14.4. The zero-order valence-electron chi connectivity index (χ0n) is 30.7. The molecule has 54 heavy (non-hydrogen) atoms. The van der Waals surface area contributed by atoms with E-state index in [0.717, 1.165) is 12.8 Å². The molecule has 6 saturated heterocycles. The molecule has 2 spiro atoms. The molecule has 0 aromatic heterocycles. The largest absolute Gasteiger partial charge is 0.456 e. The van der Waals surface area contributed by atoms with Crippen molar-refractivity contribution in [2.24, 2.45) is 35.5 Å². The summed E-state index contributed by atoms with van der Waals surface area (Å²) in [6.07, 6.45) is -7.33. The van der Waals surface area contributed by atoms with Gasteiger partial charge in [-0.15, -0.1) is 0 Å². The van der Waals surface area contributed by atoms with Gasteiger partial charge in [0.2, 0.25) is 35.7 Å². The lowest BCUT2D eigenvalue weighted by Crippen LogP contribution is -2.67. The van der Waals surface area contributed by atoms with Crippen molar-refractivity contribution in [3.05, 3.63) is 22.7 Å². The molecule has 4 unspecified atom stereocenters. The van der Waals surface area contributed by atoms with Crippen LogP contribution in [-0.4, -0.2) is 85.6 Å². The Morgan fingerprint density at radius 3 is 1.41 bits per heavy atom. The quantitative estimate of drug-likeness (QED) is 0.0867. The predicted octanol–water partition coefficient (Wildman–Crippen LogP) is 8.53. The summed E-state index contributed by atoms with van der Waals surface area (Å²) in [7, 11) is 2.87. The van der Waals surface area contributed by atoms with Crippen LogP contribution < -0.4 is 0 Å². The molecule has 0 aromatic carbocycles. The van der Waals surface area contributed by atoms with Crippen LogP contribution in [0, 0.1) is 35.5 Å². The zero-order chi connectivity index (χ0) is 38.3. The van der Waals surface area contributed by atoms with Crippen LogP contribution in [0.1, 0.15) is 79.1 Å². The van der Waals surface area contributed by atoms with Crippen molar-refractivity contribution in [2.75, 3.05) is 37.9 Å². The number of allylic oxidation sites excluding steroid dienone is 2. The second kappa shape index (κ2) is 14.4. The topological polar surface area (TPSA) is 92.3 Å². The highest BCUT2D eigenvalue weighted by molar-refractivity contribution is 8.76. The molecule has 306 valence electrons. The molecular weight excluding hydrogens is 771 g/mol. The highest BCUT2D eigenvalue weighted by Gasteiger charge is 2.72. The van der Waals surface area contributed by atoms with Crippen molar-refractivity contribution in [1.82, 2.24) is 0 Å². The Morgan fingerprint density at radius 1 is 0.611 bits per heavy atom. The molecule has 10 aliphatic rings. The third-order valence-corrected chi connectivity index (χ3v) is 15.4. The van der Waals surface area contributed by atoms with Crippen molar-refractivity contribution in [3.63, 3.8) is 0 Å². The number of alkyl halides is 6. The molecule has 2 saturated carbocycles. The molecule has 8 aliphatic heterocycles. The van der Waals surface area contributed by atoms with E-state index in [1.807, 2.05) is 0 Å². The maximum Gasteiger partial charge on any atom is 0.449 e. The van der Waals surface area contributed by atoms with Crippen LogP contribution in [0.15, 0.2) is 22.7 Å². The number of halogens is 6. The number of fused-ring (bicyclic) bond motifs is 4. The van der Waals surface area contributed by atoms with Crippen molar-refractivity contribution < 1.29 is 74.3 Å². The molecule has 0 amide bonds. The Hall–Kier alpha value is -0.960. The van der Waals surface area contributed by atoms with Crippen molar-refractivity contribution >= 4 is 21.6 Å². The average molecular weight is 819 g/mol. The van der Waals surface area contributed by atoms with Gasteiger partial charge in [-0.05, 0) is 64.2 Å². The summed E-state index contributed by atoms with van der Waals surface area (Å²) in [5.74, 6) is -4.80. The summed E-state index contributed by atoms with van der Waals surface area (Å²) in [5, 5.41) is 0. The van der Waals surface area contributed by atoms with Crippen LogP contribution >= 0.6 is 21.6 Å². The Balaban J connectivity index is 0.847. The molecular formula is C36H48F6O10S2.